The maximum absolute atomic E-state index is 9.33. The summed E-state index contributed by atoms with van der Waals surface area (Å²) in [6.45, 7) is -0.00155. The first-order valence-electron chi connectivity index (χ1n) is 8.09. The van der Waals surface area contributed by atoms with E-state index in [1.54, 1.807) is 30.1 Å². The normalized spacial score (nSPS) is 10.8. The van der Waals surface area contributed by atoms with Crippen LogP contribution in [0.3, 0.4) is 0 Å². The number of nitrogens with zero attached hydrogens (tertiary/aromatic N) is 4. The number of methoxy groups -OCH3 is 1. The number of anilines is 2. The molecule has 26 heavy (non-hydrogen) atoms. The van der Waals surface area contributed by atoms with Gasteiger partial charge in [0.2, 0.25) is 5.88 Å². The van der Waals surface area contributed by atoms with Crippen LogP contribution in [0, 0.1) is 0 Å². The van der Waals surface area contributed by atoms with Gasteiger partial charge >= 0.3 is 0 Å². The van der Waals surface area contributed by atoms with Crippen LogP contribution in [0.1, 0.15) is 5.56 Å². The molecule has 0 saturated heterocycles. The summed E-state index contributed by atoms with van der Waals surface area (Å²) >= 11 is 0. The van der Waals surface area contributed by atoms with Crippen molar-refractivity contribution in [2.45, 2.75) is 6.61 Å². The Bertz CT molecular complexity index is 1040. The minimum absolute atomic E-state index is 0.00155. The Balaban J connectivity index is 1.69. The first-order chi connectivity index (χ1) is 12.8. The quantitative estimate of drug-likeness (QED) is 0.577. The van der Waals surface area contributed by atoms with Gasteiger partial charge in [-0.25, -0.2) is 9.97 Å². The molecule has 7 nitrogen and oxygen atoms in total. The molecular formula is C19H17N5O2. The van der Waals surface area contributed by atoms with Gasteiger partial charge in [0.15, 0.2) is 11.5 Å². The van der Waals surface area contributed by atoms with E-state index in [4.69, 9.17) is 4.74 Å². The first-order valence-corrected chi connectivity index (χ1v) is 8.09. The number of nitrogens with one attached hydrogen (secondary N) is 1. The van der Waals surface area contributed by atoms with E-state index in [2.05, 4.69) is 20.4 Å². The van der Waals surface area contributed by atoms with Crippen LogP contribution in [0.25, 0.3) is 16.9 Å². The zero-order valence-corrected chi connectivity index (χ0v) is 14.1. The highest BCUT2D eigenvalue weighted by atomic mass is 16.5. The molecule has 4 aromatic rings. The van der Waals surface area contributed by atoms with Gasteiger partial charge in [-0.3, -0.25) is 0 Å². The number of aromatic nitrogens is 4. The molecule has 0 amide bonds. The Morgan fingerprint density at radius 3 is 2.77 bits per heavy atom. The van der Waals surface area contributed by atoms with Crippen molar-refractivity contribution in [3.8, 4) is 17.1 Å². The van der Waals surface area contributed by atoms with Crippen molar-refractivity contribution in [1.29, 1.82) is 0 Å². The highest BCUT2D eigenvalue weighted by Crippen LogP contribution is 2.22. The largest absolute Gasteiger partial charge is 0.481 e. The van der Waals surface area contributed by atoms with Gasteiger partial charge in [0.25, 0.3) is 0 Å². The monoisotopic (exact) mass is 347 g/mol. The van der Waals surface area contributed by atoms with Crippen molar-refractivity contribution in [3.63, 3.8) is 0 Å². The smallest absolute Gasteiger partial charge is 0.213 e. The predicted octanol–water partition coefficient (Wildman–Crippen LogP) is 3.04. The molecular weight excluding hydrogens is 330 g/mol. The van der Waals surface area contributed by atoms with E-state index in [0.717, 1.165) is 34.0 Å². The van der Waals surface area contributed by atoms with E-state index < -0.39 is 0 Å². The number of ether oxygens (including phenoxy) is 1. The second kappa shape index (κ2) is 6.81. The van der Waals surface area contributed by atoms with Gasteiger partial charge in [-0.05, 0) is 29.8 Å². The SMILES string of the molecule is COc1ccc(Nc2cnc3ccc(-c4cccc(CO)c4)nn23)cn1. The fourth-order valence-electron chi connectivity index (χ4n) is 2.66. The average Bonchev–Trinajstić information content (AvgIpc) is 3.10. The molecule has 0 bridgehead atoms. The average molecular weight is 347 g/mol. The summed E-state index contributed by atoms with van der Waals surface area (Å²) in [6, 6.07) is 15.1. The molecule has 130 valence electrons. The predicted molar refractivity (Wildman–Crippen MR) is 98.4 cm³/mol. The Hall–Kier alpha value is -3.45. The summed E-state index contributed by atoms with van der Waals surface area (Å²) in [6.07, 6.45) is 3.41. The third kappa shape index (κ3) is 3.07. The molecule has 2 N–H and O–H groups in total. The zero-order valence-electron chi connectivity index (χ0n) is 14.1. The van der Waals surface area contributed by atoms with Crippen molar-refractivity contribution in [1.82, 2.24) is 19.6 Å². The number of imidazole rings is 1. The highest BCUT2D eigenvalue weighted by molar-refractivity contribution is 5.64. The molecule has 3 heterocycles. The fraction of sp³-hybridized carbons (Fsp3) is 0.105. The van der Waals surface area contributed by atoms with Crippen LogP contribution in [0.2, 0.25) is 0 Å². The van der Waals surface area contributed by atoms with Crippen LogP contribution in [-0.4, -0.2) is 31.8 Å². The minimum Gasteiger partial charge on any atom is -0.481 e. The first kappa shape index (κ1) is 16.0. The second-order valence-electron chi connectivity index (χ2n) is 5.70. The molecule has 1 aromatic carbocycles. The number of benzene rings is 1. The number of hydrogen-bond donors (Lipinski definition) is 2. The number of aliphatic hydroxyl groups excluding tert-OH is 1. The molecule has 0 spiro atoms. The minimum atomic E-state index is -0.00155. The lowest BCUT2D eigenvalue weighted by atomic mass is 10.1. The van der Waals surface area contributed by atoms with Crippen molar-refractivity contribution in [2.24, 2.45) is 0 Å². The van der Waals surface area contributed by atoms with Gasteiger partial charge in [0, 0.05) is 11.6 Å². The lowest BCUT2D eigenvalue weighted by Gasteiger charge is -2.08. The maximum atomic E-state index is 9.33. The van der Waals surface area contributed by atoms with Crippen molar-refractivity contribution < 1.29 is 9.84 Å². The van der Waals surface area contributed by atoms with Gasteiger partial charge in [0.05, 0.1) is 37.5 Å². The molecule has 4 rings (SSSR count). The summed E-state index contributed by atoms with van der Waals surface area (Å²) in [5, 5.41) is 17.3. The molecule has 7 heteroatoms. The summed E-state index contributed by atoms with van der Waals surface area (Å²) in [5.41, 5.74) is 4.11. The van der Waals surface area contributed by atoms with Crippen LogP contribution in [-0.2, 0) is 6.61 Å². The number of hydrogen-bond acceptors (Lipinski definition) is 6. The molecule has 0 aliphatic carbocycles. The molecule has 0 aliphatic heterocycles. The molecule has 0 radical (unpaired) electrons. The van der Waals surface area contributed by atoms with E-state index in [-0.39, 0.29) is 6.61 Å². The van der Waals surface area contributed by atoms with E-state index in [1.807, 2.05) is 42.5 Å². The molecule has 0 fully saturated rings. The van der Waals surface area contributed by atoms with Crippen molar-refractivity contribution in [3.05, 3.63) is 66.5 Å². The van der Waals surface area contributed by atoms with E-state index in [0.29, 0.717) is 5.88 Å². The van der Waals surface area contributed by atoms with E-state index in [9.17, 15) is 5.11 Å². The zero-order chi connectivity index (χ0) is 17.9. The van der Waals surface area contributed by atoms with E-state index in [1.165, 1.54) is 0 Å². The van der Waals surface area contributed by atoms with Gasteiger partial charge in [0.1, 0.15) is 0 Å². The lowest BCUT2D eigenvalue weighted by Crippen LogP contribution is -2.00. The lowest BCUT2D eigenvalue weighted by molar-refractivity contribution is 0.282. The van der Waals surface area contributed by atoms with Crippen LogP contribution in [0.15, 0.2) is 60.9 Å². The molecule has 0 saturated carbocycles. The van der Waals surface area contributed by atoms with Gasteiger partial charge in [-0.2, -0.15) is 9.61 Å². The van der Waals surface area contributed by atoms with Gasteiger partial charge in [-0.1, -0.05) is 18.2 Å². The van der Waals surface area contributed by atoms with Gasteiger partial charge < -0.3 is 15.2 Å². The Kier molecular flexibility index (Phi) is 4.20. The summed E-state index contributed by atoms with van der Waals surface area (Å²) < 4.78 is 6.81. The topological polar surface area (TPSA) is 84.6 Å². The number of fused-ring (bicyclic) bond motifs is 1. The number of pyridine rings is 1. The third-order valence-corrected chi connectivity index (χ3v) is 3.99. The summed E-state index contributed by atoms with van der Waals surface area (Å²) in [5.74, 6) is 1.28. The third-order valence-electron chi connectivity index (χ3n) is 3.99. The Labute approximate surface area is 149 Å². The van der Waals surface area contributed by atoms with Gasteiger partial charge in [-0.15, -0.1) is 0 Å². The molecule has 0 aliphatic rings. The molecule has 0 unspecified atom stereocenters. The fourth-order valence-corrected chi connectivity index (χ4v) is 2.66. The Morgan fingerprint density at radius 1 is 1.08 bits per heavy atom. The van der Waals surface area contributed by atoms with Crippen molar-refractivity contribution >= 4 is 17.2 Å². The molecule has 0 atom stereocenters. The number of rotatable bonds is 5. The maximum Gasteiger partial charge on any atom is 0.213 e. The standard InChI is InChI=1S/C19H17N5O2/c1-26-19-8-5-15(10-21-19)22-18-11-20-17-7-6-16(23-24(17)18)14-4-2-3-13(9-14)12-25/h2-11,22,25H,12H2,1H3. The molecule has 3 aromatic heterocycles. The summed E-state index contributed by atoms with van der Waals surface area (Å²) in [4.78, 5) is 8.55. The Morgan fingerprint density at radius 2 is 2.00 bits per heavy atom. The highest BCUT2D eigenvalue weighted by Gasteiger charge is 2.08. The van der Waals surface area contributed by atoms with E-state index >= 15 is 0 Å². The van der Waals surface area contributed by atoms with Crippen LogP contribution < -0.4 is 10.1 Å². The van der Waals surface area contributed by atoms with Crippen LogP contribution >= 0.6 is 0 Å². The second-order valence-corrected chi connectivity index (χ2v) is 5.70. The number of aliphatic hydroxyl groups is 1. The summed E-state index contributed by atoms with van der Waals surface area (Å²) in [7, 11) is 1.58. The van der Waals surface area contributed by atoms with Crippen molar-refractivity contribution in [2.75, 3.05) is 12.4 Å². The van der Waals surface area contributed by atoms with Crippen LogP contribution in [0.5, 0.6) is 5.88 Å². The van der Waals surface area contributed by atoms with Crippen LogP contribution in [0.4, 0.5) is 11.5 Å².